The summed E-state index contributed by atoms with van der Waals surface area (Å²) in [6.07, 6.45) is 1.69. The fraction of sp³-hybridized carbons (Fsp3) is 0.273. The highest BCUT2D eigenvalue weighted by molar-refractivity contribution is 5.96. The number of hydrogen-bond donors (Lipinski definition) is 0. The van der Waals surface area contributed by atoms with Gasteiger partial charge in [0.2, 0.25) is 0 Å². The molecular formula is C22H20FNO4. The van der Waals surface area contributed by atoms with Crippen molar-refractivity contribution in [2.24, 2.45) is 0 Å². The molecule has 3 aromatic rings. The van der Waals surface area contributed by atoms with Crippen LogP contribution in [0.15, 0.2) is 63.8 Å². The van der Waals surface area contributed by atoms with E-state index >= 15 is 0 Å². The molecule has 0 radical (unpaired) electrons. The summed E-state index contributed by atoms with van der Waals surface area (Å²) in [5, 5.41) is 0.674. The minimum absolute atomic E-state index is 0.0342. The highest BCUT2D eigenvalue weighted by atomic mass is 19.1. The maximum Gasteiger partial charge on any atom is 0.349 e. The molecule has 144 valence electrons. The number of benzene rings is 2. The van der Waals surface area contributed by atoms with Crippen molar-refractivity contribution in [2.75, 3.05) is 13.2 Å². The molecule has 0 spiro atoms. The van der Waals surface area contributed by atoms with E-state index in [1.165, 1.54) is 17.0 Å². The number of ether oxygens (including phenoxy) is 1. The zero-order valence-corrected chi connectivity index (χ0v) is 15.3. The van der Waals surface area contributed by atoms with Gasteiger partial charge in [-0.15, -0.1) is 0 Å². The van der Waals surface area contributed by atoms with Crippen LogP contribution in [0.1, 0.15) is 28.8 Å². The summed E-state index contributed by atoms with van der Waals surface area (Å²) in [6.45, 7) is 1.18. The Balaban J connectivity index is 1.67. The van der Waals surface area contributed by atoms with Crippen molar-refractivity contribution >= 4 is 16.9 Å². The number of nitrogens with zero attached hydrogens (tertiary/aromatic N) is 1. The topological polar surface area (TPSA) is 59.8 Å². The fourth-order valence-corrected chi connectivity index (χ4v) is 3.49. The number of rotatable bonds is 5. The van der Waals surface area contributed by atoms with E-state index in [1.54, 1.807) is 36.4 Å². The summed E-state index contributed by atoms with van der Waals surface area (Å²) < 4.78 is 24.6. The molecule has 4 rings (SSSR count). The predicted molar refractivity (Wildman–Crippen MR) is 103 cm³/mol. The molecule has 2 heterocycles. The Morgan fingerprint density at radius 2 is 2.00 bits per heavy atom. The summed E-state index contributed by atoms with van der Waals surface area (Å²) in [7, 11) is 0. The number of amides is 1. The normalized spacial score (nSPS) is 16.4. The van der Waals surface area contributed by atoms with Crippen molar-refractivity contribution in [1.29, 1.82) is 0 Å². The predicted octanol–water partition coefficient (Wildman–Crippen LogP) is 3.75. The van der Waals surface area contributed by atoms with Crippen LogP contribution in [-0.2, 0) is 11.3 Å². The highest BCUT2D eigenvalue weighted by Gasteiger charge is 2.26. The van der Waals surface area contributed by atoms with E-state index < -0.39 is 11.5 Å². The Labute approximate surface area is 161 Å². The first-order chi connectivity index (χ1) is 13.6. The van der Waals surface area contributed by atoms with E-state index in [0.717, 1.165) is 12.8 Å². The lowest BCUT2D eigenvalue weighted by Gasteiger charge is -2.25. The third-order valence-electron chi connectivity index (χ3n) is 4.87. The van der Waals surface area contributed by atoms with Gasteiger partial charge in [0.05, 0.1) is 6.10 Å². The van der Waals surface area contributed by atoms with Crippen LogP contribution in [0.3, 0.4) is 0 Å². The van der Waals surface area contributed by atoms with Gasteiger partial charge < -0.3 is 14.1 Å². The smallest absolute Gasteiger partial charge is 0.349 e. The van der Waals surface area contributed by atoms with E-state index in [4.69, 9.17) is 9.15 Å². The summed E-state index contributed by atoms with van der Waals surface area (Å²) in [5.74, 6) is -0.813. The van der Waals surface area contributed by atoms with Gasteiger partial charge in [-0.1, -0.05) is 30.3 Å². The second-order valence-corrected chi connectivity index (χ2v) is 6.94. The Hall–Kier alpha value is -2.99. The fourth-order valence-electron chi connectivity index (χ4n) is 3.49. The molecule has 1 amide bonds. The first-order valence-corrected chi connectivity index (χ1v) is 9.28. The molecule has 1 saturated heterocycles. The van der Waals surface area contributed by atoms with E-state index in [0.29, 0.717) is 29.7 Å². The molecule has 0 N–H and O–H groups in total. The van der Waals surface area contributed by atoms with Gasteiger partial charge in [0.1, 0.15) is 17.0 Å². The van der Waals surface area contributed by atoms with Crippen molar-refractivity contribution in [3.63, 3.8) is 0 Å². The van der Waals surface area contributed by atoms with Crippen molar-refractivity contribution < 1.29 is 18.3 Å². The summed E-state index contributed by atoms with van der Waals surface area (Å²) in [6, 6.07) is 14.7. The first-order valence-electron chi connectivity index (χ1n) is 9.28. The van der Waals surface area contributed by atoms with Gasteiger partial charge in [0, 0.05) is 25.1 Å². The second-order valence-electron chi connectivity index (χ2n) is 6.94. The average molecular weight is 381 g/mol. The Kier molecular flexibility index (Phi) is 5.21. The van der Waals surface area contributed by atoms with Gasteiger partial charge >= 0.3 is 5.63 Å². The molecule has 1 aromatic heterocycles. The molecule has 0 bridgehead atoms. The second kappa shape index (κ2) is 7.94. The van der Waals surface area contributed by atoms with Crippen LogP contribution in [0.25, 0.3) is 11.0 Å². The van der Waals surface area contributed by atoms with Gasteiger partial charge in [0.25, 0.3) is 5.91 Å². The minimum atomic E-state index is -0.680. The molecule has 1 aliphatic heterocycles. The Bertz CT molecular complexity index is 1060. The van der Waals surface area contributed by atoms with Gasteiger partial charge in [-0.3, -0.25) is 4.79 Å². The number of carbonyl (C=O) groups is 1. The monoisotopic (exact) mass is 381 g/mol. The molecule has 1 atom stereocenters. The number of fused-ring (bicyclic) bond motifs is 1. The largest absolute Gasteiger partial charge is 0.422 e. The quantitative estimate of drug-likeness (QED) is 0.632. The standard InChI is InChI=1S/C22H20FNO4/c23-17-7-3-5-15(11-17)13-24(14-18-8-4-10-27-18)21(25)19-12-16-6-1-2-9-20(16)28-22(19)26/h1-3,5-7,9,11-12,18H,4,8,10,13-14H2/t18-/m1/s1. The number of carbonyl (C=O) groups excluding carboxylic acids is 1. The van der Waals surface area contributed by atoms with Crippen LogP contribution in [0.4, 0.5) is 4.39 Å². The van der Waals surface area contributed by atoms with E-state index in [9.17, 15) is 14.0 Å². The van der Waals surface area contributed by atoms with Crippen LogP contribution < -0.4 is 5.63 Å². The molecule has 28 heavy (non-hydrogen) atoms. The van der Waals surface area contributed by atoms with Crippen LogP contribution in [0.2, 0.25) is 0 Å². The zero-order chi connectivity index (χ0) is 19.5. The Morgan fingerprint density at radius 3 is 2.79 bits per heavy atom. The van der Waals surface area contributed by atoms with Gasteiger partial charge in [0.15, 0.2) is 0 Å². The maximum absolute atomic E-state index is 13.6. The van der Waals surface area contributed by atoms with Crippen LogP contribution in [0, 0.1) is 5.82 Å². The molecular weight excluding hydrogens is 361 g/mol. The van der Waals surface area contributed by atoms with Crippen molar-refractivity contribution in [2.45, 2.75) is 25.5 Å². The van der Waals surface area contributed by atoms with Crippen LogP contribution in [0.5, 0.6) is 0 Å². The van der Waals surface area contributed by atoms with E-state index in [-0.39, 0.29) is 24.0 Å². The van der Waals surface area contributed by atoms with Gasteiger partial charge in [-0.25, -0.2) is 9.18 Å². The zero-order valence-electron chi connectivity index (χ0n) is 15.3. The number of para-hydroxylation sites is 1. The molecule has 1 fully saturated rings. The summed E-state index contributed by atoms with van der Waals surface area (Å²) >= 11 is 0. The summed E-state index contributed by atoms with van der Waals surface area (Å²) in [4.78, 5) is 27.2. The van der Waals surface area contributed by atoms with E-state index in [1.807, 2.05) is 6.07 Å². The molecule has 0 aliphatic carbocycles. The Morgan fingerprint density at radius 1 is 1.14 bits per heavy atom. The van der Waals surface area contributed by atoms with Crippen molar-refractivity contribution in [3.8, 4) is 0 Å². The van der Waals surface area contributed by atoms with Crippen molar-refractivity contribution in [1.82, 2.24) is 4.90 Å². The lowest BCUT2D eigenvalue weighted by Crippen LogP contribution is -2.38. The molecule has 6 heteroatoms. The van der Waals surface area contributed by atoms with Gasteiger partial charge in [-0.2, -0.15) is 0 Å². The minimum Gasteiger partial charge on any atom is -0.422 e. The average Bonchev–Trinajstić information content (AvgIpc) is 3.19. The van der Waals surface area contributed by atoms with Crippen molar-refractivity contribution in [3.05, 3.63) is 82.0 Å². The summed E-state index contributed by atoms with van der Waals surface area (Å²) in [5.41, 5.74) is 0.366. The van der Waals surface area contributed by atoms with E-state index in [2.05, 4.69) is 0 Å². The molecule has 2 aromatic carbocycles. The maximum atomic E-state index is 13.6. The molecule has 5 nitrogen and oxygen atoms in total. The number of halogens is 1. The highest BCUT2D eigenvalue weighted by Crippen LogP contribution is 2.19. The lowest BCUT2D eigenvalue weighted by molar-refractivity contribution is 0.0504. The van der Waals surface area contributed by atoms with Crippen LogP contribution >= 0.6 is 0 Å². The molecule has 1 aliphatic rings. The van der Waals surface area contributed by atoms with Gasteiger partial charge in [-0.05, 0) is 42.7 Å². The molecule has 0 saturated carbocycles. The third-order valence-corrected chi connectivity index (χ3v) is 4.87. The first kappa shape index (κ1) is 18.4. The third kappa shape index (κ3) is 3.97. The molecule has 0 unspecified atom stereocenters. The lowest BCUT2D eigenvalue weighted by atomic mass is 10.1. The number of hydrogen-bond acceptors (Lipinski definition) is 4. The SMILES string of the molecule is O=C(c1cc2ccccc2oc1=O)N(Cc1cccc(F)c1)C[C@H]1CCCO1. The van der Waals surface area contributed by atoms with Crippen LogP contribution in [-0.4, -0.2) is 30.1 Å².